The van der Waals surface area contributed by atoms with Gasteiger partial charge in [0.1, 0.15) is 4.60 Å². The third-order valence-electron chi connectivity index (χ3n) is 3.96. The van der Waals surface area contributed by atoms with Gasteiger partial charge in [-0.05, 0) is 28.8 Å². The van der Waals surface area contributed by atoms with Crippen LogP contribution < -0.4 is 4.90 Å². The van der Waals surface area contributed by atoms with E-state index in [1.54, 1.807) is 6.20 Å². The molecule has 1 aliphatic carbocycles. The van der Waals surface area contributed by atoms with Crippen molar-refractivity contribution in [3.05, 3.63) is 23.2 Å². The van der Waals surface area contributed by atoms with E-state index in [4.69, 9.17) is 0 Å². The van der Waals surface area contributed by atoms with Gasteiger partial charge in [-0.3, -0.25) is 0 Å². The molecular formula is C14H19BrN4O. The normalized spacial score (nSPS) is 16.7. The maximum atomic E-state index is 9.41. The molecule has 1 fully saturated rings. The van der Waals surface area contributed by atoms with Gasteiger partial charge in [0.05, 0.1) is 6.61 Å². The van der Waals surface area contributed by atoms with Gasteiger partial charge in [-0.25, -0.2) is 9.97 Å². The van der Waals surface area contributed by atoms with Gasteiger partial charge in [0.15, 0.2) is 11.5 Å². The minimum Gasteiger partial charge on any atom is -0.395 e. The lowest BCUT2D eigenvalue weighted by Crippen LogP contribution is -2.39. The molecule has 108 valence electrons. The molecule has 20 heavy (non-hydrogen) atoms. The molecular weight excluding hydrogens is 320 g/mol. The van der Waals surface area contributed by atoms with Crippen LogP contribution in [0.15, 0.2) is 23.2 Å². The fraction of sp³-hybridized carbons (Fsp3) is 0.571. The molecule has 0 spiro atoms. The molecule has 0 radical (unpaired) electrons. The number of aromatic nitrogens is 3. The van der Waals surface area contributed by atoms with E-state index in [9.17, 15) is 5.11 Å². The van der Waals surface area contributed by atoms with Crippen molar-refractivity contribution in [1.82, 2.24) is 14.4 Å². The molecule has 5 nitrogen and oxygen atoms in total. The summed E-state index contributed by atoms with van der Waals surface area (Å²) in [4.78, 5) is 11.3. The molecule has 3 rings (SSSR count). The molecule has 0 saturated heterocycles. The van der Waals surface area contributed by atoms with Gasteiger partial charge < -0.3 is 14.4 Å². The summed E-state index contributed by atoms with van der Waals surface area (Å²) in [5, 5.41) is 9.41. The molecule has 0 aliphatic heterocycles. The summed E-state index contributed by atoms with van der Waals surface area (Å²) in [7, 11) is 0. The fourth-order valence-electron chi connectivity index (χ4n) is 3.04. The van der Waals surface area contributed by atoms with Gasteiger partial charge in [-0.1, -0.05) is 19.3 Å². The Balaban J connectivity index is 2.01. The first-order valence-electron chi connectivity index (χ1n) is 7.16. The maximum Gasteiger partial charge on any atom is 0.180 e. The summed E-state index contributed by atoms with van der Waals surface area (Å²) >= 11 is 3.46. The van der Waals surface area contributed by atoms with E-state index in [-0.39, 0.29) is 6.61 Å². The lowest BCUT2D eigenvalue weighted by Gasteiger charge is -2.35. The number of aliphatic hydroxyl groups excluding tert-OH is 1. The van der Waals surface area contributed by atoms with Crippen LogP contribution in [0.1, 0.15) is 32.1 Å². The van der Waals surface area contributed by atoms with Crippen molar-refractivity contribution in [1.29, 1.82) is 0 Å². The second-order valence-corrected chi connectivity index (χ2v) is 6.07. The van der Waals surface area contributed by atoms with Gasteiger partial charge in [0, 0.05) is 31.2 Å². The van der Waals surface area contributed by atoms with Crippen LogP contribution in [-0.2, 0) is 0 Å². The third-order valence-corrected chi connectivity index (χ3v) is 4.34. The largest absolute Gasteiger partial charge is 0.395 e. The number of fused-ring (bicyclic) bond motifs is 1. The Hall–Kier alpha value is -1.14. The van der Waals surface area contributed by atoms with Gasteiger partial charge >= 0.3 is 0 Å². The average molecular weight is 339 g/mol. The van der Waals surface area contributed by atoms with Crippen LogP contribution in [0.2, 0.25) is 0 Å². The molecule has 2 heterocycles. The number of imidazole rings is 1. The van der Waals surface area contributed by atoms with E-state index in [2.05, 4.69) is 30.8 Å². The standard InChI is InChI=1S/C14H19BrN4O/c15-12-10-18-7-6-16-13(18)14(17-12)19(8-9-20)11-4-2-1-3-5-11/h6-7,10-11,20H,1-5,8-9H2. The highest BCUT2D eigenvalue weighted by Crippen LogP contribution is 2.29. The smallest absolute Gasteiger partial charge is 0.180 e. The second kappa shape index (κ2) is 6.10. The Morgan fingerprint density at radius 2 is 2.15 bits per heavy atom. The minimum absolute atomic E-state index is 0.136. The molecule has 0 unspecified atom stereocenters. The highest BCUT2D eigenvalue weighted by molar-refractivity contribution is 9.10. The molecule has 0 amide bonds. The quantitative estimate of drug-likeness (QED) is 0.930. The Kier molecular flexibility index (Phi) is 4.21. The monoisotopic (exact) mass is 338 g/mol. The van der Waals surface area contributed by atoms with E-state index in [0.717, 1.165) is 16.1 Å². The first kappa shape index (κ1) is 13.8. The summed E-state index contributed by atoms with van der Waals surface area (Å²) in [6, 6.07) is 0.457. The van der Waals surface area contributed by atoms with Crippen molar-refractivity contribution in [3.63, 3.8) is 0 Å². The number of anilines is 1. The summed E-state index contributed by atoms with van der Waals surface area (Å²) < 4.78 is 2.76. The van der Waals surface area contributed by atoms with E-state index < -0.39 is 0 Å². The zero-order chi connectivity index (χ0) is 13.9. The first-order chi connectivity index (χ1) is 9.79. The zero-order valence-corrected chi connectivity index (χ0v) is 13.0. The maximum absolute atomic E-state index is 9.41. The van der Waals surface area contributed by atoms with E-state index in [1.807, 2.05) is 16.8 Å². The van der Waals surface area contributed by atoms with Gasteiger partial charge in [0.25, 0.3) is 0 Å². The molecule has 1 N–H and O–H groups in total. The molecule has 0 atom stereocenters. The molecule has 0 bridgehead atoms. The number of halogens is 1. The van der Waals surface area contributed by atoms with Gasteiger partial charge in [-0.2, -0.15) is 0 Å². The predicted octanol–water partition coefficient (Wildman–Crippen LogP) is 2.62. The number of nitrogens with zero attached hydrogens (tertiary/aromatic N) is 4. The predicted molar refractivity (Wildman–Crippen MR) is 82.0 cm³/mol. The Morgan fingerprint density at radius 1 is 1.35 bits per heavy atom. The van der Waals surface area contributed by atoms with Crippen molar-refractivity contribution in [2.45, 2.75) is 38.1 Å². The Bertz CT molecular complexity index is 580. The molecule has 1 aliphatic rings. The summed E-state index contributed by atoms with van der Waals surface area (Å²) in [6.45, 7) is 0.744. The summed E-state index contributed by atoms with van der Waals surface area (Å²) in [6.07, 6.45) is 11.8. The Labute approximate surface area is 126 Å². The molecule has 1 saturated carbocycles. The highest BCUT2D eigenvalue weighted by atomic mass is 79.9. The van der Waals surface area contributed by atoms with Crippen LogP contribution in [0, 0.1) is 0 Å². The first-order valence-corrected chi connectivity index (χ1v) is 7.95. The highest BCUT2D eigenvalue weighted by Gasteiger charge is 2.24. The van der Waals surface area contributed by atoms with Gasteiger partial charge in [0.2, 0.25) is 0 Å². The van der Waals surface area contributed by atoms with Crippen molar-refractivity contribution in [2.24, 2.45) is 0 Å². The summed E-state index contributed by atoms with van der Waals surface area (Å²) in [5.74, 6) is 0.866. The van der Waals surface area contributed by atoms with Crippen LogP contribution in [0.4, 0.5) is 5.82 Å². The Morgan fingerprint density at radius 3 is 2.90 bits per heavy atom. The topological polar surface area (TPSA) is 53.7 Å². The van der Waals surface area contributed by atoms with Crippen molar-refractivity contribution >= 4 is 27.4 Å². The SMILES string of the molecule is OCCN(c1nc(Br)cn2ccnc12)C1CCCCC1. The molecule has 2 aromatic heterocycles. The van der Waals surface area contributed by atoms with E-state index >= 15 is 0 Å². The number of rotatable bonds is 4. The number of hydrogen-bond acceptors (Lipinski definition) is 4. The van der Waals surface area contributed by atoms with Crippen molar-refractivity contribution in [3.8, 4) is 0 Å². The van der Waals surface area contributed by atoms with Crippen LogP contribution in [0.3, 0.4) is 0 Å². The summed E-state index contributed by atoms with van der Waals surface area (Å²) in [5.41, 5.74) is 0.854. The lowest BCUT2D eigenvalue weighted by atomic mass is 9.94. The average Bonchev–Trinajstić information content (AvgIpc) is 2.93. The number of aliphatic hydroxyl groups is 1. The van der Waals surface area contributed by atoms with E-state index in [0.29, 0.717) is 12.6 Å². The van der Waals surface area contributed by atoms with Crippen LogP contribution in [-0.4, -0.2) is 38.7 Å². The van der Waals surface area contributed by atoms with Crippen LogP contribution >= 0.6 is 15.9 Å². The third kappa shape index (κ3) is 2.67. The second-order valence-electron chi connectivity index (χ2n) is 5.25. The molecule has 6 heteroatoms. The minimum atomic E-state index is 0.136. The lowest BCUT2D eigenvalue weighted by molar-refractivity contribution is 0.289. The fourth-order valence-corrected chi connectivity index (χ4v) is 3.43. The van der Waals surface area contributed by atoms with E-state index in [1.165, 1.54) is 32.1 Å². The van der Waals surface area contributed by atoms with Gasteiger partial charge in [-0.15, -0.1) is 0 Å². The van der Waals surface area contributed by atoms with Crippen LogP contribution in [0.5, 0.6) is 0 Å². The molecule has 0 aromatic carbocycles. The molecule has 2 aromatic rings. The number of hydrogen-bond donors (Lipinski definition) is 1. The van der Waals surface area contributed by atoms with Crippen molar-refractivity contribution in [2.75, 3.05) is 18.1 Å². The van der Waals surface area contributed by atoms with Crippen molar-refractivity contribution < 1.29 is 5.11 Å². The zero-order valence-electron chi connectivity index (χ0n) is 11.4. The van der Waals surface area contributed by atoms with Crippen LogP contribution in [0.25, 0.3) is 5.65 Å².